The maximum absolute atomic E-state index is 5.20. The SMILES string of the molecule is COCCC(C)C1CCCC1CNC1CC1. The maximum atomic E-state index is 5.20. The van der Waals surface area contributed by atoms with Crippen molar-refractivity contribution in [1.29, 1.82) is 0 Å². The van der Waals surface area contributed by atoms with Crippen molar-refractivity contribution in [2.24, 2.45) is 17.8 Å². The first-order valence-corrected chi connectivity index (χ1v) is 7.03. The molecular weight excluding hydrogens is 198 g/mol. The summed E-state index contributed by atoms with van der Waals surface area (Å²) >= 11 is 0. The zero-order valence-corrected chi connectivity index (χ0v) is 10.9. The molecule has 2 heteroatoms. The molecule has 3 atom stereocenters. The average molecular weight is 225 g/mol. The Hall–Kier alpha value is -0.0800. The molecule has 0 heterocycles. The molecule has 2 fully saturated rings. The fourth-order valence-corrected chi connectivity index (χ4v) is 3.19. The van der Waals surface area contributed by atoms with Gasteiger partial charge in [-0.15, -0.1) is 0 Å². The monoisotopic (exact) mass is 225 g/mol. The topological polar surface area (TPSA) is 21.3 Å². The highest BCUT2D eigenvalue weighted by Crippen LogP contribution is 2.38. The third kappa shape index (κ3) is 3.46. The van der Waals surface area contributed by atoms with Gasteiger partial charge in [-0.2, -0.15) is 0 Å². The van der Waals surface area contributed by atoms with E-state index in [9.17, 15) is 0 Å². The van der Waals surface area contributed by atoms with Crippen molar-refractivity contribution in [2.75, 3.05) is 20.3 Å². The number of methoxy groups -OCH3 is 1. The van der Waals surface area contributed by atoms with Crippen molar-refractivity contribution in [3.8, 4) is 0 Å². The predicted octanol–water partition coefficient (Wildman–Crippen LogP) is 2.83. The summed E-state index contributed by atoms with van der Waals surface area (Å²) in [5.74, 6) is 2.72. The molecule has 2 aliphatic rings. The lowest BCUT2D eigenvalue weighted by molar-refractivity contribution is 0.154. The van der Waals surface area contributed by atoms with Crippen molar-refractivity contribution < 1.29 is 4.74 Å². The molecule has 0 bridgehead atoms. The lowest BCUT2D eigenvalue weighted by atomic mass is 9.83. The fraction of sp³-hybridized carbons (Fsp3) is 1.00. The molecule has 2 aliphatic carbocycles. The molecule has 0 aliphatic heterocycles. The lowest BCUT2D eigenvalue weighted by Crippen LogP contribution is -2.29. The van der Waals surface area contributed by atoms with E-state index in [0.29, 0.717) is 0 Å². The Kier molecular flexibility index (Phi) is 4.66. The Morgan fingerprint density at radius 1 is 1.25 bits per heavy atom. The average Bonchev–Trinajstić information content (AvgIpc) is 3.00. The van der Waals surface area contributed by atoms with Gasteiger partial charge in [-0.05, 0) is 56.4 Å². The highest BCUT2D eigenvalue weighted by molar-refractivity contribution is 4.87. The van der Waals surface area contributed by atoms with Gasteiger partial charge in [0.1, 0.15) is 0 Å². The van der Waals surface area contributed by atoms with Gasteiger partial charge in [0.05, 0.1) is 0 Å². The smallest absolute Gasteiger partial charge is 0.0464 e. The first-order valence-electron chi connectivity index (χ1n) is 7.03. The molecule has 3 unspecified atom stereocenters. The second-order valence-corrected chi connectivity index (χ2v) is 5.80. The summed E-state index contributed by atoms with van der Waals surface area (Å²) < 4.78 is 5.20. The molecule has 0 amide bonds. The first-order chi connectivity index (χ1) is 7.81. The number of nitrogens with one attached hydrogen (secondary N) is 1. The van der Waals surface area contributed by atoms with Crippen LogP contribution in [0.3, 0.4) is 0 Å². The summed E-state index contributed by atoms with van der Waals surface area (Å²) in [7, 11) is 1.81. The van der Waals surface area contributed by atoms with Crippen molar-refractivity contribution >= 4 is 0 Å². The van der Waals surface area contributed by atoms with Crippen LogP contribution in [0.4, 0.5) is 0 Å². The van der Waals surface area contributed by atoms with Crippen LogP contribution in [-0.2, 0) is 4.74 Å². The molecule has 1 N–H and O–H groups in total. The quantitative estimate of drug-likeness (QED) is 0.719. The van der Waals surface area contributed by atoms with E-state index in [4.69, 9.17) is 4.74 Å². The van der Waals surface area contributed by atoms with E-state index in [1.807, 2.05) is 7.11 Å². The van der Waals surface area contributed by atoms with Gasteiger partial charge in [-0.3, -0.25) is 0 Å². The van der Waals surface area contributed by atoms with Crippen LogP contribution in [0.25, 0.3) is 0 Å². The second kappa shape index (κ2) is 6.02. The van der Waals surface area contributed by atoms with Crippen molar-refractivity contribution in [3.63, 3.8) is 0 Å². The highest BCUT2D eigenvalue weighted by atomic mass is 16.5. The van der Waals surface area contributed by atoms with Gasteiger partial charge in [0, 0.05) is 19.8 Å². The zero-order valence-electron chi connectivity index (χ0n) is 10.9. The van der Waals surface area contributed by atoms with Crippen LogP contribution in [0.1, 0.15) is 45.4 Å². The Morgan fingerprint density at radius 2 is 2.06 bits per heavy atom. The summed E-state index contributed by atoms with van der Waals surface area (Å²) in [6.45, 7) is 4.62. The second-order valence-electron chi connectivity index (χ2n) is 5.80. The lowest BCUT2D eigenvalue weighted by Gasteiger charge is -2.26. The minimum atomic E-state index is 0.841. The Labute approximate surface area is 100 Å². The van der Waals surface area contributed by atoms with Gasteiger partial charge < -0.3 is 10.1 Å². The van der Waals surface area contributed by atoms with E-state index in [2.05, 4.69) is 12.2 Å². The van der Waals surface area contributed by atoms with Crippen LogP contribution in [0.2, 0.25) is 0 Å². The van der Waals surface area contributed by atoms with E-state index >= 15 is 0 Å². The molecule has 0 spiro atoms. The van der Waals surface area contributed by atoms with Gasteiger partial charge in [0.25, 0.3) is 0 Å². The normalized spacial score (nSPS) is 31.9. The summed E-state index contributed by atoms with van der Waals surface area (Å²) in [5.41, 5.74) is 0. The van der Waals surface area contributed by atoms with Gasteiger partial charge in [-0.1, -0.05) is 13.3 Å². The fourth-order valence-electron chi connectivity index (χ4n) is 3.19. The molecule has 2 saturated carbocycles. The van der Waals surface area contributed by atoms with E-state index in [1.165, 1.54) is 45.1 Å². The third-order valence-electron chi connectivity index (χ3n) is 4.47. The summed E-state index contributed by atoms with van der Waals surface area (Å²) in [5, 5.41) is 3.71. The van der Waals surface area contributed by atoms with Crippen molar-refractivity contribution in [3.05, 3.63) is 0 Å². The van der Waals surface area contributed by atoms with E-state index in [1.54, 1.807) is 0 Å². The minimum Gasteiger partial charge on any atom is -0.385 e. The Morgan fingerprint density at radius 3 is 2.75 bits per heavy atom. The van der Waals surface area contributed by atoms with Crippen LogP contribution in [-0.4, -0.2) is 26.3 Å². The Balaban J connectivity index is 1.72. The molecule has 0 aromatic carbocycles. The van der Waals surface area contributed by atoms with Crippen LogP contribution in [0.15, 0.2) is 0 Å². The van der Waals surface area contributed by atoms with E-state index in [-0.39, 0.29) is 0 Å². The molecule has 2 nitrogen and oxygen atoms in total. The molecule has 0 aromatic rings. The van der Waals surface area contributed by atoms with Crippen molar-refractivity contribution in [1.82, 2.24) is 5.32 Å². The predicted molar refractivity (Wildman–Crippen MR) is 67.5 cm³/mol. The number of hydrogen-bond donors (Lipinski definition) is 1. The number of ether oxygens (including phenoxy) is 1. The minimum absolute atomic E-state index is 0.841. The van der Waals surface area contributed by atoms with Gasteiger partial charge >= 0.3 is 0 Å². The van der Waals surface area contributed by atoms with E-state index < -0.39 is 0 Å². The van der Waals surface area contributed by atoms with Crippen LogP contribution in [0, 0.1) is 17.8 Å². The molecule has 94 valence electrons. The first kappa shape index (κ1) is 12.4. The summed E-state index contributed by atoms with van der Waals surface area (Å²) in [6, 6.07) is 0.871. The van der Waals surface area contributed by atoms with Crippen LogP contribution in [0.5, 0.6) is 0 Å². The molecule has 16 heavy (non-hydrogen) atoms. The number of hydrogen-bond acceptors (Lipinski definition) is 2. The molecule has 0 radical (unpaired) electrons. The van der Waals surface area contributed by atoms with E-state index in [0.717, 1.165) is 30.4 Å². The maximum Gasteiger partial charge on any atom is 0.0464 e. The zero-order chi connectivity index (χ0) is 11.4. The summed E-state index contributed by atoms with van der Waals surface area (Å²) in [6.07, 6.45) is 8.40. The van der Waals surface area contributed by atoms with Crippen LogP contribution < -0.4 is 5.32 Å². The number of rotatable bonds is 7. The van der Waals surface area contributed by atoms with Gasteiger partial charge in [-0.25, -0.2) is 0 Å². The van der Waals surface area contributed by atoms with Gasteiger partial charge in [0.2, 0.25) is 0 Å². The third-order valence-corrected chi connectivity index (χ3v) is 4.47. The molecule has 0 saturated heterocycles. The summed E-state index contributed by atoms with van der Waals surface area (Å²) in [4.78, 5) is 0. The Bertz CT molecular complexity index is 203. The largest absolute Gasteiger partial charge is 0.385 e. The van der Waals surface area contributed by atoms with Crippen molar-refractivity contribution in [2.45, 2.75) is 51.5 Å². The molecular formula is C14H27NO. The molecule has 0 aromatic heterocycles. The highest BCUT2D eigenvalue weighted by Gasteiger charge is 2.32. The molecule has 2 rings (SSSR count). The van der Waals surface area contributed by atoms with Gasteiger partial charge in [0.15, 0.2) is 0 Å². The van der Waals surface area contributed by atoms with Crippen LogP contribution >= 0.6 is 0 Å². The standard InChI is InChI=1S/C14H27NO/c1-11(8-9-16-2)14-5-3-4-12(14)10-15-13-6-7-13/h11-15H,3-10H2,1-2H3.